The number of aryl methyl sites for hydroxylation is 1. The van der Waals surface area contributed by atoms with Crippen molar-refractivity contribution in [1.82, 2.24) is 25.2 Å². The van der Waals surface area contributed by atoms with Crippen molar-refractivity contribution in [2.45, 2.75) is 56.5 Å². The van der Waals surface area contributed by atoms with E-state index in [4.69, 9.17) is 0 Å². The van der Waals surface area contributed by atoms with Crippen LogP contribution in [0.2, 0.25) is 0 Å². The van der Waals surface area contributed by atoms with Crippen LogP contribution in [0.3, 0.4) is 0 Å². The zero-order valence-corrected chi connectivity index (χ0v) is 20.4. The van der Waals surface area contributed by atoms with Gasteiger partial charge in [-0.3, -0.25) is 14.7 Å². The number of benzene rings is 1. The van der Waals surface area contributed by atoms with Crippen LogP contribution in [0.4, 0.5) is 19.0 Å². The standard InChI is InChI=1S/C26H29F3N6O2/c1-16-2-3-18(11-30-16)25(37)8-6-20(7-9-25)35-13-19(14-35)34-23(36)12-31-24-21-10-17(26(27,28)29)4-5-22(21)32-15-33-24/h2-5,10-11,15,19-20,37H,6-9,12-14H2,1H3,(H,34,36)(H,31,32,33)/t20-,25+. The van der Waals surface area contributed by atoms with E-state index in [0.29, 0.717) is 24.4 Å². The van der Waals surface area contributed by atoms with Crippen molar-refractivity contribution in [3.63, 3.8) is 0 Å². The van der Waals surface area contributed by atoms with Gasteiger partial charge in [-0.2, -0.15) is 13.2 Å². The van der Waals surface area contributed by atoms with Crippen LogP contribution in [0.5, 0.6) is 0 Å². The van der Waals surface area contributed by atoms with Crippen LogP contribution in [0.25, 0.3) is 10.9 Å². The molecule has 0 unspecified atom stereocenters. The van der Waals surface area contributed by atoms with Crippen LogP contribution in [-0.2, 0) is 16.6 Å². The summed E-state index contributed by atoms with van der Waals surface area (Å²) in [5.41, 5.74) is 0.509. The number of hydrogen-bond acceptors (Lipinski definition) is 7. The van der Waals surface area contributed by atoms with Crippen molar-refractivity contribution < 1.29 is 23.1 Å². The number of halogens is 3. The minimum atomic E-state index is -4.48. The maximum absolute atomic E-state index is 13.1. The largest absolute Gasteiger partial charge is 0.416 e. The number of rotatable bonds is 6. The molecule has 8 nitrogen and oxygen atoms in total. The molecule has 3 heterocycles. The predicted octanol–water partition coefficient (Wildman–Crippen LogP) is 3.39. The molecule has 0 atom stereocenters. The fourth-order valence-electron chi connectivity index (χ4n) is 5.20. The molecule has 0 radical (unpaired) electrons. The van der Waals surface area contributed by atoms with Gasteiger partial charge < -0.3 is 15.7 Å². The van der Waals surface area contributed by atoms with Crippen LogP contribution in [0.1, 0.15) is 42.5 Å². The summed E-state index contributed by atoms with van der Waals surface area (Å²) in [7, 11) is 0. The lowest BCUT2D eigenvalue weighted by Gasteiger charge is -2.48. The van der Waals surface area contributed by atoms with Gasteiger partial charge in [-0.1, -0.05) is 6.07 Å². The van der Waals surface area contributed by atoms with Crippen LogP contribution in [0.15, 0.2) is 42.9 Å². The molecule has 3 aromatic rings. The van der Waals surface area contributed by atoms with E-state index >= 15 is 0 Å². The topological polar surface area (TPSA) is 103 Å². The molecule has 1 aliphatic carbocycles. The van der Waals surface area contributed by atoms with Crippen molar-refractivity contribution in [2.75, 3.05) is 25.0 Å². The Balaban J connectivity index is 1.09. The summed E-state index contributed by atoms with van der Waals surface area (Å²) in [5, 5.41) is 17.1. The molecule has 0 bridgehead atoms. The number of aromatic nitrogens is 3. The Bertz CT molecular complexity index is 1270. The van der Waals surface area contributed by atoms with Gasteiger partial charge in [-0.25, -0.2) is 9.97 Å². The van der Waals surface area contributed by atoms with E-state index in [1.54, 1.807) is 6.20 Å². The zero-order valence-electron chi connectivity index (χ0n) is 20.4. The van der Waals surface area contributed by atoms with Gasteiger partial charge in [0.15, 0.2) is 0 Å². The third-order valence-electron chi connectivity index (χ3n) is 7.40. The number of hydrogen-bond donors (Lipinski definition) is 3. The van der Waals surface area contributed by atoms with Crippen molar-refractivity contribution in [3.05, 3.63) is 59.7 Å². The fourth-order valence-corrected chi connectivity index (χ4v) is 5.20. The number of aliphatic hydroxyl groups is 1. The summed E-state index contributed by atoms with van der Waals surface area (Å²) in [6.07, 6.45) is 1.61. The Morgan fingerprint density at radius 3 is 2.57 bits per heavy atom. The average Bonchev–Trinajstić information content (AvgIpc) is 2.85. The highest BCUT2D eigenvalue weighted by atomic mass is 19.4. The lowest BCUT2D eigenvalue weighted by Crippen LogP contribution is -2.63. The van der Waals surface area contributed by atoms with Gasteiger partial charge in [0.2, 0.25) is 5.91 Å². The van der Waals surface area contributed by atoms with Crippen LogP contribution in [0, 0.1) is 6.92 Å². The lowest BCUT2D eigenvalue weighted by atomic mass is 9.77. The van der Waals surface area contributed by atoms with Crippen molar-refractivity contribution >= 4 is 22.6 Å². The van der Waals surface area contributed by atoms with Crippen molar-refractivity contribution in [2.24, 2.45) is 0 Å². The molecule has 5 rings (SSSR count). The molecular weight excluding hydrogens is 485 g/mol. The molecule has 2 aromatic heterocycles. The van der Waals surface area contributed by atoms with Crippen LogP contribution in [-0.4, -0.2) is 62.6 Å². The lowest BCUT2D eigenvalue weighted by molar-refractivity contribution is -0.137. The monoisotopic (exact) mass is 514 g/mol. The minimum absolute atomic E-state index is 0.00961. The number of amides is 1. The molecule has 3 N–H and O–H groups in total. The Labute approximate surface area is 212 Å². The smallest absolute Gasteiger partial charge is 0.385 e. The quantitative estimate of drug-likeness (QED) is 0.463. The number of nitrogens with zero attached hydrogens (tertiary/aromatic N) is 4. The van der Waals surface area contributed by atoms with E-state index in [1.807, 2.05) is 19.1 Å². The predicted molar refractivity (Wildman–Crippen MR) is 132 cm³/mol. The third kappa shape index (κ3) is 5.52. The first kappa shape index (κ1) is 25.3. The van der Waals surface area contributed by atoms with E-state index in [-0.39, 0.29) is 29.7 Å². The Morgan fingerprint density at radius 1 is 1.14 bits per heavy atom. The Hall–Kier alpha value is -3.31. The number of anilines is 1. The second-order valence-corrected chi connectivity index (χ2v) is 9.97. The molecule has 1 saturated heterocycles. The van der Waals surface area contributed by atoms with Gasteiger partial charge in [0.25, 0.3) is 0 Å². The number of carbonyl (C=O) groups excluding carboxylic acids is 1. The second-order valence-electron chi connectivity index (χ2n) is 9.97. The second kappa shape index (κ2) is 9.86. The number of fused-ring (bicyclic) bond motifs is 1. The van der Waals surface area contributed by atoms with Gasteiger partial charge in [-0.05, 0) is 56.9 Å². The first-order valence-corrected chi connectivity index (χ1v) is 12.4. The number of pyridine rings is 1. The average molecular weight is 515 g/mol. The van der Waals surface area contributed by atoms with E-state index in [2.05, 4.69) is 30.5 Å². The third-order valence-corrected chi connectivity index (χ3v) is 7.40. The first-order valence-electron chi connectivity index (χ1n) is 12.4. The maximum Gasteiger partial charge on any atom is 0.416 e. The highest BCUT2D eigenvalue weighted by Gasteiger charge is 2.40. The molecule has 37 heavy (non-hydrogen) atoms. The minimum Gasteiger partial charge on any atom is -0.385 e. The molecule has 1 saturated carbocycles. The van der Waals surface area contributed by atoms with Gasteiger partial charge in [0, 0.05) is 42.0 Å². The number of nitrogens with one attached hydrogen (secondary N) is 2. The molecule has 0 spiro atoms. The summed E-state index contributed by atoms with van der Waals surface area (Å²) < 4.78 is 39.3. The van der Waals surface area contributed by atoms with Crippen LogP contribution >= 0.6 is 0 Å². The van der Waals surface area contributed by atoms with Gasteiger partial charge in [-0.15, -0.1) is 0 Å². The van der Waals surface area contributed by atoms with Crippen molar-refractivity contribution in [1.29, 1.82) is 0 Å². The summed E-state index contributed by atoms with van der Waals surface area (Å²) in [5.74, 6) is -0.0757. The van der Waals surface area contributed by atoms with Crippen LogP contribution < -0.4 is 10.6 Å². The summed E-state index contributed by atoms with van der Waals surface area (Å²) in [6.45, 7) is 3.27. The number of alkyl halides is 3. The highest BCUT2D eigenvalue weighted by molar-refractivity contribution is 5.91. The molecular formula is C26H29F3N6O2. The molecule has 196 valence electrons. The summed E-state index contributed by atoms with van der Waals surface area (Å²) in [4.78, 5) is 27.1. The highest BCUT2D eigenvalue weighted by Crippen LogP contribution is 2.39. The van der Waals surface area contributed by atoms with E-state index in [1.165, 1.54) is 12.4 Å². The zero-order chi connectivity index (χ0) is 26.2. The Morgan fingerprint density at radius 2 is 1.89 bits per heavy atom. The normalized spacial score (nSPS) is 23.0. The molecule has 2 fully saturated rings. The van der Waals surface area contributed by atoms with E-state index in [0.717, 1.165) is 49.3 Å². The first-order chi connectivity index (χ1) is 17.6. The van der Waals surface area contributed by atoms with Gasteiger partial charge >= 0.3 is 6.18 Å². The SMILES string of the molecule is Cc1ccc([C@]2(O)CC[C@@H](N3CC(NC(=O)CNc4ncnc5ccc(C(F)(F)F)cc45)C3)CC2)cn1. The number of carbonyl (C=O) groups is 1. The van der Waals surface area contributed by atoms with E-state index < -0.39 is 17.3 Å². The maximum atomic E-state index is 13.1. The molecule has 1 amide bonds. The fraction of sp³-hybridized carbons (Fsp3) is 0.462. The van der Waals surface area contributed by atoms with Gasteiger partial charge in [0.05, 0.1) is 29.3 Å². The van der Waals surface area contributed by atoms with Crippen molar-refractivity contribution in [3.8, 4) is 0 Å². The van der Waals surface area contributed by atoms with Gasteiger partial charge in [0.1, 0.15) is 12.1 Å². The molecule has 1 aromatic carbocycles. The van der Waals surface area contributed by atoms with E-state index in [9.17, 15) is 23.1 Å². The molecule has 11 heteroatoms. The summed E-state index contributed by atoms with van der Waals surface area (Å²) >= 11 is 0. The molecule has 2 aliphatic rings. The Kier molecular flexibility index (Phi) is 6.76. The molecule has 1 aliphatic heterocycles. The number of likely N-dealkylation sites (tertiary alicyclic amines) is 1. The summed E-state index contributed by atoms with van der Waals surface area (Å²) in [6, 6.07) is 7.49.